The molecule has 2 atom stereocenters. The first-order valence-corrected chi connectivity index (χ1v) is 5.12. The van der Waals surface area contributed by atoms with Gasteiger partial charge in [-0.25, -0.2) is 0 Å². The minimum absolute atomic E-state index is 0.367. The zero-order valence-corrected chi connectivity index (χ0v) is 7.89. The predicted octanol–water partition coefficient (Wildman–Crippen LogP) is 1.90. The lowest BCUT2D eigenvalue weighted by atomic mass is 9.97. The maximum absolute atomic E-state index is 9.16. The van der Waals surface area contributed by atoms with Gasteiger partial charge in [0.1, 0.15) is 0 Å². The molecule has 0 saturated heterocycles. The van der Waals surface area contributed by atoms with Gasteiger partial charge in [0.15, 0.2) is 0 Å². The Bertz CT molecular complexity index is 243. The number of aliphatic hydroxyl groups is 1. The van der Waals surface area contributed by atoms with E-state index in [4.69, 9.17) is 5.11 Å². The molecular weight excluding hydrogens is 162 g/mol. The molecule has 0 amide bonds. The first-order valence-electron chi connectivity index (χ1n) is 5.12. The molecule has 1 aromatic rings. The third-order valence-electron chi connectivity index (χ3n) is 3.16. The summed E-state index contributed by atoms with van der Waals surface area (Å²) in [6, 6.07) is 4.12. The highest BCUT2D eigenvalue weighted by Gasteiger charge is 2.26. The molecule has 0 radical (unpaired) electrons. The minimum atomic E-state index is 0.367. The molecule has 13 heavy (non-hydrogen) atoms. The van der Waals surface area contributed by atoms with Crippen LogP contribution in [-0.4, -0.2) is 16.3 Å². The van der Waals surface area contributed by atoms with Gasteiger partial charge in [0.05, 0.1) is 0 Å². The fraction of sp³-hybridized carbons (Fsp3) is 0.636. The Morgan fingerprint density at radius 1 is 1.15 bits per heavy atom. The van der Waals surface area contributed by atoms with E-state index in [2.05, 4.69) is 29.1 Å². The monoisotopic (exact) mass is 179 g/mol. The van der Waals surface area contributed by atoms with Crippen molar-refractivity contribution >= 4 is 0 Å². The lowest BCUT2D eigenvalue weighted by Gasteiger charge is -2.17. The van der Waals surface area contributed by atoms with Gasteiger partial charge in [-0.15, -0.1) is 0 Å². The van der Waals surface area contributed by atoms with Crippen molar-refractivity contribution in [1.82, 2.24) is 4.57 Å². The van der Waals surface area contributed by atoms with E-state index in [9.17, 15) is 0 Å². The van der Waals surface area contributed by atoms with Crippen LogP contribution >= 0.6 is 0 Å². The highest BCUT2D eigenvalue weighted by molar-refractivity contribution is 4.91. The molecule has 1 aliphatic carbocycles. The summed E-state index contributed by atoms with van der Waals surface area (Å²) in [4.78, 5) is 0. The van der Waals surface area contributed by atoms with E-state index in [0.717, 1.165) is 6.54 Å². The Morgan fingerprint density at radius 3 is 2.54 bits per heavy atom. The largest absolute Gasteiger partial charge is 0.396 e. The van der Waals surface area contributed by atoms with Crippen molar-refractivity contribution in [3.63, 3.8) is 0 Å². The summed E-state index contributed by atoms with van der Waals surface area (Å²) in [5.74, 6) is 1.24. The lowest BCUT2D eigenvalue weighted by Crippen LogP contribution is -2.17. The summed E-state index contributed by atoms with van der Waals surface area (Å²) in [7, 11) is 0. The molecule has 1 aromatic heterocycles. The van der Waals surface area contributed by atoms with Gasteiger partial charge in [-0.05, 0) is 36.8 Å². The van der Waals surface area contributed by atoms with Crippen molar-refractivity contribution in [3.05, 3.63) is 24.5 Å². The number of nitrogens with zero attached hydrogens (tertiary/aromatic N) is 1. The fourth-order valence-electron chi connectivity index (χ4n) is 2.36. The summed E-state index contributed by atoms with van der Waals surface area (Å²) in [6.07, 6.45) is 7.99. The number of hydrogen-bond acceptors (Lipinski definition) is 1. The van der Waals surface area contributed by atoms with Gasteiger partial charge in [-0.2, -0.15) is 0 Å². The van der Waals surface area contributed by atoms with Crippen LogP contribution in [0.15, 0.2) is 24.5 Å². The number of hydrogen-bond donors (Lipinski definition) is 1. The molecule has 2 nitrogen and oxygen atoms in total. The highest BCUT2D eigenvalue weighted by atomic mass is 16.3. The second kappa shape index (κ2) is 3.97. The quantitative estimate of drug-likeness (QED) is 0.753. The average Bonchev–Trinajstić information content (AvgIpc) is 2.76. The van der Waals surface area contributed by atoms with Gasteiger partial charge in [0.2, 0.25) is 0 Å². The van der Waals surface area contributed by atoms with Crippen LogP contribution < -0.4 is 0 Å². The molecule has 1 saturated carbocycles. The Hall–Kier alpha value is -0.760. The van der Waals surface area contributed by atoms with E-state index in [1.54, 1.807) is 0 Å². The second-order valence-electron chi connectivity index (χ2n) is 4.01. The molecule has 1 fully saturated rings. The van der Waals surface area contributed by atoms with E-state index in [1.807, 2.05) is 0 Å². The van der Waals surface area contributed by atoms with Gasteiger partial charge in [-0.3, -0.25) is 0 Å². The van der Waals surface area contributed by atoms with Crippen molar-refractivity contribution < 1.29 is 5.11 Å². The zero-order valence-electron chi connectivity index (χ0n) is 7.89. The highest BCUT2D eigenvalue weighted by Crippen LogP contribution is 2.32. The summed E-state index contributed by atoms with van der Waals surface area (Å²) < 4.78 is 2.22. The minimum Gasteiger partial charge on any atom is -0.396 e. The van der Waals surface area contributed by atoms with Gasteiger partial charge < -0.3 is 9.67 Å². The summed E-state index contributed by atoms with van der Waals surface area (Å²) in [5, 5.41) is 9.16. The van der Waals surface area contributed by atoms with E-state index in [-0.39, 0.29) is 0 Å². The van der Waals surface area contributed by atoms with Crippen molar-refractivity contribution in [2.24, 2.45) is 11.8 Å². The van der Waals surface area contributed by atoms with Crippen LogP contribution in [0.4, 0.5) is 0 Å². The molecular formula is C11H17NO. The van der Waals surface area contributed by atoms with Crippen LogP contribution in [0.2, 0.25) is 0 Å². The predicted molar refractivity (Wildman–Crippen MR) is 52.3 cm³/mol. The van der Waals surface area contributed by atoms with Crippen molar-refractivity contribution in [2.75, 3.05) is 6.61 Å². The molecule has 2 rings (SSSR count). The molecule has 1 heterocycles. The molecule has 0 spiro atoms. The van der Waals surface area contributed by atoms with Crippen LogP contribution in [0.5, 0.6) is 0 Å². The van der Waals surface area contributed by atoms with Crippen LogP contribution in [0, 0.1) is 11.8 Å². The third kappa shape index (κ3) is 1.94. The first-order chi connectivity index (χ1) is 6.40. The van der Waals surface area contributed by atoms with Gasteiger partial charge in [0.25, 0.3) is 0 Å². The summed E-state index contributed by atoms with van der Waals surface area (Å²) >= 11 is 0. The average molecular weight is 179 g/mol. The van der Waals surface area contributed by atoms with E-state index in [0.29, 0.717) is 18.4 Å². The molecule has 0 aromatic carbocycles. The van der Waals surface area contributed by atoms with Crippen molar-refractivity contribution in [3.8, 4) is 0 Å². The number of aromatic nitrogens is 1. The van der Waals surface area contributed by atoms with Crippen LogP contribution in [0.3, 0.4) is 0 Å². The fourth-order valence-corrected chi connectivity index (χ4v) is 2.36. The summed E-state index contributed by atoms with van der Waals surface area (Å²) in [6.45, 7) is 1.45. The van der Waals surface area contributed by atoms with Gasteiger partial charge in [0, 0.05) is 25.5 Å². The van der Waals surface area contributed by atoms with E-state index in [1.165, 1.54) is 19.3 Å². The lowest BCUT2D eigenvalue weighted by molar-refractivity contribution is 0.185. The van der Waals surface area contributed by atoms with Crippen molar-refractivity contribution in [1.29, 1.82) is 0 Å². The number of rotatable bonds is 3. The standard InChI is InChI=1S/C11H17NO/c13-9-11-5-3-4-10(11)8-12-6-1-2-7-12/h1-2,6-7,10-11,13H,3-5,8-9H2. The Balaban J connectivity index is 1.94. The number of aliphatic hydroxyl groups excluding tert-OH is 1. The van der Waals surface area contributed by atoms with Gasteiger partial charge >= 0.3 is 0 Å². The zero-order chi connectivity index (χ0) is 9.10. The molecule has 1 aliphatic rings. The molecule has 2 unspecified atom stereocenters. The van der Waals surface area contributed by atoms with E-state index >= 15 is 0 Å². The molecule has 1 N–H and O–H groups in total. The van der Waals surface area contributed by atoms with Crippen LogP contribution in [0.25, 0.3) is 0 Å². The maximum Gasteiger partial charge on any atom is 0.0462 e. The SMILES string of the molecule is OCC1CCCC1Cn1cccc1. The summed E-state index contributed by atoms with van der Waals surface area (Å²) in [5.41, 5.74) is 0. The van der Waals surface area contributed by atoms with Crippen LogP contribution in [-0.2, 0) is 6.54 Å². The maximum atomic E-state index is 9.16. The smallest absolute Gasteiger partial charge is 0.0462 e. The molecule has 0 aliphatic heterocycles. The van der Waals surface area contributed by atoms with Gasteiger partial charge in [-0.1, -0.05) is 6.42 Å². The van der Waals surface area contributed by atoms with Crippen molar-refractivity contribution in [2.45, 2.75) is 25.8 Å². The third-order valence-corrected chi connectivity index (χ3v) is 3.16. The Kier molecular flexibility index (Phi) is 2.69. The molecule has 0 bridgehead atoms. The van der Waals surface area contributed by atoms with Crippen LogP contribution in [0.1, 0.15) is 19.3 Å². The first kappa shape index (κ1) is 8.82. The second-order valence-corrected chi connectivity index (χ2v) is 4.01. The molecule has 72 valence electrons. The van der Waals surface area contributed by atoms with E-state index < -0.39 is 0 Å². The normalized spacial score (nSPS) is 28.1. The topological polar surface area (TPSA) is 25.2 Å². The Labute approximate surface area is 79.2 Å². The Morgan fingerprint density at radius 2 is 1.85 bits per heavy atom. The molecule has 2 heteroatoms.